The summed E-state index contributed by atoms with van der Waals surface area (Å²) in [5.41, 5.74) is 7.27. The molecule has 5 heteroatoms. The van der Waals surface area contributed by atoms with Gasteiger partial charge in [-0.15, -0.1) is 11.8 Å². The molecular weight excluding hydrogens is 334 g/mol. The Morgan fingerprint density at radius 1 is 1.35 bits per heavy atom. The number of halogens is 1. The molecule has 108 valence electrons. The van der Waals surface area contributed by atoms with Crippen LogP contribution < -0.4 is 5.73 Å². The summed E-state index contributed by atoms with van der Waals surface area (Å²) in [4.78, 5) is 1.24. The Bertz CT molecular complexity index is 554. The second-order valence-corrected chi connectivity index (χ2v) is 7.12. The average Bonchev–Trinajstić information content (AvgIpc) is 2.85. The third-order valence-corrected chi connectivity index (χ3v) is 4.60. The Balaban J connectivity index is 1.84. The maximum Gasteiger partial charge on any atom is 0.0640 e. The van der Waals surface area contributed by atoms with Gasteiger partial charge in [0.1, 0.15) is 0 Å². The van der Waals surface area contributed by atoms with E-state index in [0.717, 1.165) is 22.3 Å². The number of thioether (sulfide) groups is 1. The summed E-state index contributed by atoms with van der Waals surface area (Å²) >= 11 is 5.27. The zero-order valence-corrected chi connectivity index (χ0v) is 14.2. The monoisotopic (exact) mass is 353 g/mol. The van der Waals surface area contributed by atoms with E-state index in [1.165, 1.54) is 4.90 Å². The molecule has 0 radical (unpaired) electrons. The Morgan fingerprint density at radius 2 is 2.15 bits per heavy atom. The van der Waals surface area contributed by atoms with E-state index in [4.69, 9.17) is 5.73 Å². The van der Waals surface area contributed by atoms with Gasteiger partial charge in [-0.25, -0.2) is 0 Å². The van der Waals surface area contributed by atoms with Crippen LogP contribution >= 0.6 is 27.7 Å². The van der Waals surface area contributed by atoms with E-state index in [1.54, 1.807) is 11.8 Å². The average molecular weight is 354 g/mol. The fourth-order valence-corrected chi connectivity index (χ4v) is 3.32. The minimum Gasteiger partial charge on any atom is -0.327 e. The molecule has 0 bridgehead atoms. The summed E-state index contributed by atoms with van der Waals surface area (Å²) in [5.74, 6) is 0.894. The maximum atomic E-state index is 6.20. The van der Waals surface area contributed by atoms with Gasteiger partial charge in [0, 0.05) is 39.8 Å². The lowest BCUT2D eigenvalue weighted by atomic mass is 10.2. The minimum absolute atomic E-state index is 0.120. The molecule has 0 spiro atoms. The zero-order valence-electron chi connectivity index (χ0n) is 11.8. The van der Waals surface area contributed by atoms with Crippen LogP contribution in [0.2, 0.25) is 0 Å². The Labute approximate surface area is 133 Å². The SMILES string of the molecule is CC(C)n1ccc(CC(N)CSc2cccc(Br)c2)n1. The summed E-state index contributed by atoms with van der Waals surface area (Å²) < 4.78 is 3.08. The van der Waals surface area contributed by atoms with E-state index in [2.05, 4.69) is 53.1 Å². The highest BCUT2D eigenvalue weighted by Crippen LogP contribution is 2.22. The second-order valence-electron chi connectivity index (χ2n) is 5.11. The first-order valence-corrected chi connectivity index (χ1v) is 8.50. The van der Waals surface area contributed by atoms with Crippen molar-refractivity contribution in [3.8, 4) is 0 Å². The highest BCUT2D eigenvalue weighted by Gasteiger charge is 2.09. The third kappa shape index (κ3) is 4.65. The van der Waals surface area contributed by atoms with E-state index in [1.807, 2.05) is 23.0 Å². The number of nitrogens with two attached hydrogens (primary N) is 1. The van der Waals surface area contributed by atoms with Crippen LogP contribution in [-0.2, 0) is 6.42 Å². The Kier molecular flexibility index (Phi) is 5.69. The summed E-state index contributed by atoms with van der Waals surface area (Å²) in [6, 6.07) is 10.9. The van der Waals surface area contributed by atoms with Gasteiger partial charge in [0.2, 0.25) is 0 Å². The molecule has 2 N–H and O–H groups in total. The van der Waals surface area contributed by atoms with Crippen molar-refractivity contribution in [2.45, 2.75) is 37.2 Å². The van der Waals surface area contributed by atoms with Crippen molar-refractivity contribution in [2.24, 2.45) is 5.73 Å². The van der Waals surface area contributed by atoms with Gasteiger partial charge in [-0.1, -0.05) is 22.0 Å². The topological polar surface area (TPSA) is 43.8 Å². The Hall–Kier alpha value is -0.780. The molecule has 0 aliphatic heterocycles. The molecular formula is C15H20BrN3S. The van der Waals surface area contributed by atoms with Gasteiger partial charge in [0.15, 0.2) is 0 Å². The van der Waals surface area contributed by atoms with Crippen molar-refractivity contribution in [1.29, 1.82) is 0 Å². The molecule has 0 aliphatic rings. The van der Waals surface area contributed by atoms with Crippen molar-refractivity contribution < 1.29 is 0 Å². The molecule has 20 heavy (non-hydrogen) atoms. The van der Waals surface area contributed by atoms with Crippen LogP contribution in [0.3, 0.4) is 0 Å². The first-order valence-electron chi connectivity index (χ1n) is 6.72. The lowest BCUT2D eigenvalue weighted by molar-refractivity contribution is 0.523. The fourth-order valence-electron chi connectivity index (χ4n) is 1.86. The van der Waals surface area contributed by atoms with Gasteiger partial charge in [-0.3, -0.25) is 4.68 Å². The van der Waals surface area contributed by atoms with Crippen molar-refractivity contribution in [2.75, 3.05) is 5.75 Å². The minimum atomic E-state index is 0.120. The normalized spacial score (nSPS) is 12.8. The van der Waals surface area contributed by atoms with Gasteiger partial charge in [-0.2, -0.15) is 5.10 Å². The molecule has 2 aromatic rings. The number of nitrogens with zero attached hydrogens (tertiary/aromatic N) is 2. The molecule has 1 unspecified atom stereocenters. The predicted molar refractivity (Wildman–Crippen MR) is 89.2 cm³/mol. The van der Waals surface area contributed by atoms with Gasteiger partial charge >= 0.3 is 0 Å². The molecule has 1 atom stereocenters. The largest absolute Gasteiger partial charge is 0.327 e. The van der Waals surface area contributed by atoms with Crippen LogP contribution in [0, 0.1) is 0 Å². The maximum absolute atomic E-state index is 6.20. The molecule has 0 amide bonds. The number of rotatable bonds is 6. The predicted octanol–water partition coefficient (Wildman–Crippen LogP) is 3.89. The lowest BCUT2D eigenvalue weighted by Crippen LogP contribution is -2.25. The molecule has 2 rings (SSSR count). The lowest BCUT2D eigenvalue weighted by Gasteiger charge is -2.10. The number of hydrogen-bond acceptors (Lipinski definition) is 3. The smallest absolute Gasteiger partial charge is 0.0640 e. The highest BCUT2D eigenvalue weighted by molar-refractivity contribution is 9.10. The summed E-state index contributed by atoms with van der Waals surface area (Å²) in [5, 5.41) is 4.54. The number of hydrogen-bond donors (Lipinski definition) is 1. The molecule has 0 saturated carbocycles. The van der Waals surface area contributed by atoms with Crippen LogP contribution in [0.5, 0.6) is 0 Å². The van der Waals surface area contributed by atoms with E-state index < -0.39 is 0 Å². The molecule has 0 aliphatic carbocycles. The van der Waals surface area contributed by atoms with Crippen LogP contribution in [0.15, 0.2) is 45.9 Å². The van der Waals surface area contributed by atoms with E-state index in [9.17, 15) is 0 Å². The quantitative estimate of drug-likeness (QED) is 0.801. The van der Waals surface area contributed by atoms with Gasteiger partial charge < -0.3 is 5.73 Å². The number of aromatic nitrogens is 2. The molecule has 1 aromatic heterocycles. The van der Waals surface area contributed by atoms with Crippen molar-refractivity contribution in [1.82, 2.24) is 9.78 Å². The van der Waals surface area contributed by atoms with Gasteiger partial charge in [0.25, 0.3) is 0 Å². The van der Waals surface area contributed by atoms with Crippen LogP contribution in [0.4, 0.5) is 0 Å². The van der Waals surface area contributed by atoms with Crippen LogP contribution in [0.25, 0.3) is 0 Å². The molecule has 0 fully saturated rings. The third-order valence-electron chi connectivity index (χ3n) is 2.92. The van der Waals surface area contributed by atoms with E-state index in [0.29, 0.717) is 6.04 Å². The number of benzene rings is 1. The van der Waals surface area contributed by atoms with E-state index >= 15 is 0 Å². The second kappa shape index (κ2) is 7.29. The molecule has 1 aromatic carbocycles. The van der Waals surface area contributed by atoms with Crippen LogP contribution in [0.1, 0.15) is 25.6 Å². The van der Waals surface area contributed by atoms with Crippen LogP contribution in [-0.4, -0.2) is 21.6 Å². The summed E-state index contributed by atoms with van der Waals surface area (Å²) in [6.07, 6.45) is 2.84. The van der Waals surface area contributed by atoms with Gasteiger partial charge in [0.05, 0.1) is 5.69 Å². The molecule has 1 heterocycles. The first-order chi connectivity index (χ1) is 9.54. The zero-order chi connectivity index (χ0) is 14.5. The van der Waals surface area contributed by atoms with Gasteiger partial charge in [-0.05, 0) is 38.1 Å². The standard InChI is InChI=1S/C15H20BrN3S/c1-11(2)19-7-6-14(18-19)9-13(17)10-20-15-5-3-4-12(16)8-15/h3-8,11,13H,9-10,17H2,1-2H3. The Morgan fingerprint density at radius 3 is 2.80 bits per heavy atom. The summed E-state index contributed by atoms with van der Waals surface area (Å²) in [7, 11) is 0. The molecule has 0 saturated heterocycles. The summed E-state index contributed by atoms with van der Waals surface area (Å²) in [6.45, 7) is 4.25. The highest BCUT2D eigenvalue weighted by atomic mass is 79.9. The first kappa shape index (κ1) is 15.6. The van der Waals surface area contributed by atoms with Crippen molar-refractivity contribution in [3.05, 3.63) is 46.7 Å². The molecule has 3 nitrogen and oxygen atoms in total. The van der Waals surface area contributed by atoms with Crippen molar-refractivity contribution >= 4 is 27.7 Å². The van der Waals surface area contributed by atoms with E-state index in [-0.39, 0.29) is 6.04 Å². The fraction of sp³-hybridized carbons (Fsp3) is 0.400. The van der Waals surface area contributed by atoms with Crippen molar-refractivity contribution in [3.63, 3.8) is 0 Å².